The van der Waals surface area contributed by atoms with Gasteiger partial charge in [-0.1, -0.05) is 6.07 Å². The van der Waals surface area contributed by atoms with Crippen molar-refractivity contribution in [1.82, 2.24) is 15.1 Å². The summed E-state index contributed by atoms with van der Waals surface area (Å²) in [6.45, 7) is 0.721. The monoisotopic (exact) mass is 277 g/mol. The van der Waals surface area contributed by atoms with E-state index in [2.05, 4.69) is 10.2 Å². The van der Waals surface area contributed by atoms with Crippen LogP contribution in [0, 0.1) is 0 Å². The molecule has 0 aliphatic carbocycles. The van der Waals surface area contributed by atoms with Crippen LogP contribution in [0.4, 0.5) is 0 Å². The summed E-state index contributed by atoms with van der Waals surface area (Å²) in [5, 5.41) is 18.2. The van der Waals surface area contributed by atoms with Crippen molar-refractivity contribution in [1.29, 1.82) is 0 Å². The summed E-state index contributed by atoms with van der Waals surface area (Å²) < 4.78 is 0. The van der Waals surface area contributed by atoms with Crippen molar-refractivity contribution in [3.63, 3.8) is 0 Å². The summed E-state index contributed by atoms with van der Waals surface area (Å²) in [7, 11) is 0. The molecule has 1 saturated heterocycles. The van der Waals surface area contributed by atoms with Crippen LogP contribution in [0.15, 0.2) is 23.6 Å². The number of thiophene rings is 1. The van der Waals surface area contributed by atoms with E-state index in [0.29, 0.717) is 12.2 Å². The fourth-order valence-electron chi connectivity index (χ4n) is 2.43. The molecule has 1 atom stereocenters. The summed E-state index contributed by atoms with van der Waals surface area (Å²) in [5.74, 6) is -0.101. The highest BCUT2D eigenvalue weighted by Crippen LogP contribution is 2.24. The third-order valence-corrected chi connectivity index (χ3v) is 4.34. The van der Waals surface area contributed by atoms with Crippen molar-refractivity contribution in [3.8, 4) is 10.6 Å². The molecular formula is C13H15N3O2S. The first kappa shape index (κ1) is 12.4. The molecule has 100 valence electrons. The topological polar surface area (TPSA) is 69.2 Å². The van der Waals surface area contributed by atoms with Gasteiger partial charge in [0.05, 0.1) is 23.2 Å². The SMILES string of the molecule is O=C(c1cc(-c2cccs2)[nH]n1)N1CCC[C@H]1CO. The van der Waals surface area contributed by atoms with Gasteiger partial charge in [-0.2, -0.15) is 5.10 Å². The van der Waals surface area contributed by atoms with Crippen LogP contribution in [0.5, 0.6) is 0 Å². The molecule has 0 unspecified atom stereocenters. The van der Waals surface area contributed by atoms with Gasteiger partial charge in [-0.25, -0.2) is 0 Å². The first-order valence-electron chi connectivity index (χ1n) is 6.30. The lowest BCUT2D eigenvalue weighted by Gasteiger charge is -2.21. The number of aliphatic hydroxyl groups is 1. The molecular weight excluding hydrogens is 262 g/mol. The first-order valence-corrected chi connectivity index (χ1v) is 7.18. The maximum absolute atomic E-state index is 12.3. The lowest BCUT2D eigenvalue weighted by Crippen LogP contribution is -2.37. The molecule has 2 N–H and O–H groups in total. The molecule has 0 saturated carbocycles. The van der Waals surface area contributed by atoms with Gasteiger partial charge in [-0.3, -0.25) is 9.89 Å². The number of hydrogen-bond donors (Lipinski definition) is 2. The minimum absolute atomic E-state index is 0.0218. The molecule has 0 radical (unpaired) electrons. The zero-order valence-electron chi connectivity index (χ0n) is 10.4. The number of likely N-dealkylation sites (tertiary alicyclic amines) is 1. The lowest BCUT2D eigenvalue weighted by atomic mass is 10.2. The van der Waals surface area contributed by atoms with Crippen molar-refractivity contribution in [2.45, 2.75) is 18.9 Å². The largest absolute Gasteiger partial charge is 0.394 e. The normalized spacial score (nSPS) is 19.0. The van der Waals surface area contributed by atoms with Crippen LogP contribution >= 0.6 is 11.3 Å². The van der Waals surface area contributed by atoms with E-state index in [1.165, 1.54) is 0 Å². The van der Waals surface area contributed by atoms with E-state index >= 15 is 0 Å². The van der Waals surface area contributed by atoms with E-state index in [4.69, 9.17) is 0 Å². The molecule has 5 nitrogen and oxygen atoms in total. The average molecular weight is 277 g/mol. The molecule has 0 aromatic carbocycles. The Morgan fingerprint density at radius 1 is 1.63 bits per heavy atom. The molecule has 6 heteroatoms. The summed E-state index contributed by atoms with van der Waals surface area (Å²) in [5.41, 5.74) is 1.28. The van der Waals surface area contributed by atoms with Gasteiger partial charge >= 0.3 is 0 Å². The lowest BCUT2D eigenvalue weighted by molar-refractivity contribution is 0.0671. The number of nitrogens with one attached hydrogen (secondary N) is 1. The Hall–Kier alpha value is -1.66. The summed E-state index contributed by atoms with van der Waals surface area (Å²) in [4.78, 5) is 15.1. The second-order valence-electron chi connectivity index (χ2n) is 4.62. The van der Waals surface area contributed by atoms with Crippen LogP contribution in [0.3, 0.4) is 0 Å². The van der Waals surface area contributed by atoms with Crippen LogP contribution in [-0.2, 0) is 0 Å². The zero-order valence-corrected chi connectivity index (χ0v) is 11.2. The summed E-state index contributed by atoms with van der Waals surface area (Å²) >= 11 is 1.60. The Balaban J connectivity index is 1.81. The number of aromatic amines is 1. The number of carbonyl (C=O) groups excluding carboxylic acids is 1. The minimum atomic E-state index is -0.101. The third kappa shape index (κ3) is 2.29. The number of aliphatic hydroxyl groups excluding tert-OH is 1. The van der Waals surface area contributed by atoms with E-state index in [1.54, 1.807) is 22.3 Å². The highest BCUT2D eigenvalue weighted by molar-refractivity contribution is 7.13. The predicted molar refractivity (Wildman–Crippen MR) is 73.0 cm³/mol. The maximum atomic E-state index is 12.3. The number of hydrogen-bond acceptors (Lipinski definition) is 4. The van der Waals surface area contributed by atoms with Crippen molar-refractivity contribution in [2.24, 2.45) is 0 Å². The molecule has 1 aliphatic rings. The molecule has 2 aromatic rings. The molecule has 1 aliphatic heterocycles. The van der Waals surface area contributed by atoms with Crippen LogP contribution in [0.25, 0.3) is 10.6 Å². The van der Waals surface area contributed by atoms with Gasteiger partial charge in [0.25, 0.3) is 5.91 Å². The van der Waals surface area contributed by atoms with Crippen molar-refractivity contribution in [3.05, 3.63) is 29.3 Å². The Bertz CT molecular complexity index is 564. The molecule has 0 spiro atoms. The van der Waals surface area contributed by atoms with E-state index in [-0.39, 0.29) is 18.6 Å². The standard InChI is InChI=1S/C13H15N3O2S/c17-8-9-3-1-5-16(9)13(18)11-7-10(14-15-11)12-4-2-6-19-12/h2,4,6-7,9,17H,1,3,5,8H2,(H,14,15)/t9-/m0/s1. The van der Waals surface area contributed by atoms with Gasteiger partial charge < -0.3 is 10.0 Å². The van der Waals surface area contributed by atoms with E-state index in [0.717, 1.165) is 23.4 Å². The van der Waals surface area contributed by atoms with Crippen molar-refractivity contribution in [2.75, 3.05) is 13.2 Å². The van der Waals surface area contributed by atoms with Gasteiger partial charge in [0.15, 0.2) is 5.69 Å². The van der Waals surface area contributed by atoms with E-state index in [9.17, 15) is 9.90 Å². The smallest absolute Gasteiger partial charge is 0.274 e. The number of H-pyrrole nitrogens is 1. The van der Waals surface area contributed by atoms with Gasteiger partial charge in [0.2, 0.25) is 0 Å². The number of aromatic nitrogens is 2. The van der Waals surface area contributed by atoms with Gasteiger partial charge in [0.1, 0.15) is 0 Å². The number of rotatable bonds is 3. The van der Waals surface area contributed by atoms with Gasteiger partial charge in [-0.05, 0) is 30.4 Å². The molecule has 19 heavy (non-hydrogen) atoms. The van der Waals surface area contributed by atoms with Crippen LogP contribution in [0.2, 0.25) is 0 Å². The van der Waals surface area contributed by atoms with Crippen molar-refractivity contribution < 1.29 is 9.90 Å². The van der Waals surface area contributed by atoms with E-state index in [1.807, 2.05) is 17.5 Å². The summed E-state index contributed by atoms with van der Waals surface area (Å²) in [6.07, 6.45) is 1.81. The zero-order chi connectivity index (χ0) is 13.2. The number of nitrogens with zero attached hydrogens (tertiary/aromatic N) is 2. The minimum Gasteiger partial charge on any atom is -0.394 e. The average Bonchev–Trinajstić information content (AvgIpc) is 3.16. The highest BCUT2D eigenvalue weighted by Gasteiger charge is 2.30. The van der Waals surface area contributed by atoms with Crippen LogP contribution in [0.1, 0.15) is 23.3 Å². The summed E-state index contributed by atoms with van der Waals surface area (Å²) in [6, 6.07) is 5.67. The molecule has 1 amide bonds. The quantitative estimate of drug-likeness (QED) is 0.897. The Kier molecular flexibility index (Phi) is 3.35. The molecule has 3 rings (SSSR count). The predicted octanol–water partition coefficient (Wildman–Crippen LogP) is 1.74. The Morgan fingerprint density at radius 2 is 2.53 bits per heavy atom. The maximum Gasteiger partial charge on any atom is 0.274 e. The molecule has 3 heterocycles. The second kappa shape index (κ2) is 5.14. The second-order valence-corrected chi connectivity index (χ2v) is 5.57. The first-order chi connectivity index (χ1) is 9.29. The number of carbonyl (C=O) groups is 1. The third-order valence-electron chi connectivity index (χ3n) is 3.43. The number of amides is 1. The Morgan fingerprint density at radius 3 is 3.26 bits per heavy atom. The Labute approximate surface area is 114 Å². The fourth-order valence-corrected chi connectivity index (χ4v) is 3.12. The van der Waals surface area contributed by atoms with Crippen LogP contribution in [-0.4, -0.2) is 45.3 Å². The van der Waals surface area contributed by atoms with Crippen molar-refractivity contribution >= 4 is 17.2 Å². The van der Waals surface area contributed by atoms with Gasteiger partial charge in [0, 0.05) is 6.54 Å². The fraction of sp³-hybridized carbons (Fsp3) is 0.385. The highest BCUT2D eigenvalue weighted by atomic mass is 32.1. The van der Waals surface area contributed by atoms with Crippen LogP contribution < -0.4 is 0 Å². The molecule has 1 fully saturated rings. The molecule has 0 bridgehead atoms. The van der Waals surface area contributed by atoms with E-state index < -0.39 is 0 Å². The van der Waals surface area contributed by atoms with Gasteiger partial charge in [-0.15, -0.1) is 11.3 Å². The molecule has 2 aromatic heterocycles.